The Morgan fingerprint density at radius 3 is 2.18 bits per heavy atom. The van der Waals surface area contributed by atoms with Crippen LogP contribution in [0.2, 0.25) is 0 Å². The molecule has 0 fully saturated rings. The van der Waals surface area contributed by atoms with Gasteiger partial charge in [-0.2, -0.15) is 0 Å². The van der Waals surface area contributed by atoms with E-state index in [2.05, 4.69) is 10.7 Å². The van der Waals surface area contributed by atoms with Crippen molar-refractivity contribution in [2.45, 2.75) is 20.8 Å². The van der Waals surface area contributed by atoms with Gasteiger partial charge in [-0.05, 0) is 6.92 Å². The molecule has 0 aliphatic heterocycles. The van der Waals surface area contributed by atoms with Gasteiger partial charge in [0.1, 0.15) is 0 Å². The van der Waals surface area contributed by atoms with Crippen LogP contribution in [0.5, 0.6) is 0 Å². The number of hydrogen-bond donors (Lipinski definition) is 2. The molecular formula is C7H17N3O. The van der Waals surface area contributed by atoms with Gasteiger partial charge >= 0.3 is 6.03 Å². The zero-order chi connectivity index (χ0) is 8.69. The van der Waals surface area contributed by atoms with Crippen LogP contribution in [0, 0.1) is 0 Å². The lowest BCUT2D eigenvalue weighted by Crippen LogP contribution is -2.46. The van der Waals surface area contributed by atoms with Crippen LogP contribution in [-0.2, 0) is 0 Å². The van der Waals surface area contributed by atoms with Crippen LogP contribution in [0.25, 0.3) is 0 Å². The summed E-state index contributed by atoms with van der Waals surface area (Å²) in [6, 6.07) is -0.129. The highest BCUT2D eigenvalue weighted by molar-refractivity contribution is 5.73. The van der Waals surface area contributed by atoms with Gasteiger partial charge in [-0.15, -0.1) is 0 Å². The lowest BCUT2D eigenvalue weighted by molar-refractivity contribution is 0.187. The van der Waals surface area contributed by atoms with Gasteiger partial charge in [0.05, 0.1) is 0 Å². The van der Waals surface area contributed by atoms with E-state index in [-0.39, 0.29) is 6.03 Å². The van der Waals surface area contributed by atoms with Crippen molar-refractivity contribution < 1.29 is 4.79 Å². The fraction of sp³-hybridized carbons (Fsp3) is 0.857. The SMILES string of the molecule is CCNC(=O)NN(CC)CC. The van der Waals surface area contributed by atoms with Crippen LogP contribution in [0.1, 0.15) is 20.8 Å². The average molecular weight is 159 g/mol. The van der Waals surface area contributed by atoms with Crippen molar-refractivity contribution in [1.29, 1.82) is 0 Å². The first-order valence-electron chi connectivity index (χ1n) is 4.04. The summed E-state index contributed by atoms with van der Waals surface area (Å²) in [6.45, 7) is 8.20. The number of amides is 2. The Bertz CT molecular complexity index is 112. The molecule has 0 rings (SSSR count). The first-order valence-corrected chi connectivity index (χ1v) is 4.04. The van der Waals surface area contributed by atoms with Crippen molar-refractivity contribution >= 4 is 6.03 Å². The van der Waals surface area contributed by atoms with Crippen molar-refractivity contribution in [3.63, 3.8) is 0 Å². The third-order valence-corrected chi connectivity index (χ3v) is 1.36. The summed E-state index contributed by atoms with van der Waals surface area (Å²) in [7, 11) is 0. The Morgan fingerprint density at radius 2 is 1.82 bits per heavy atom. The molecule has 0 aromatic heterocycles. The zero-order valence-corrected chi connectivity index (χ0v) is 7.48. The summed E-state index contributed by atoms with van der Waals surface area (Å²) < 4.78 is 0. The molecule has 0 bridgehead atoms. The van der Waals surface area contributed by atoms with Crippen LogP contribution >= 0.6 is 0 Å². The Kier molecular flexibility index (Phi) is 5.56. The van der Waals surface area contributed by atoms with E-state index in [4.69, 9.17) is 0 Å². The third kappa shape index (κ3) is 4.61. The molecule has 0 spiro atoms. The number of hydrazine groups is 1. The van der Waals surface area contributed by atoms with Gasteiger partial charge in [-0.1, -0.05) is 13.8 Å². The number of nitrogens with zero attached hydrogens (tertiary/aromatic N) is 1. The molecule has 0 heterocycles. The maximum Gasteiger partial charge on any atom is 0.329 e. The Morgan fingerprint density at radius 1 is 1.27 bits per heavy atom. The van der Waals surface area contributed by atoms with E-state index in [1.54, 1.807) is 0 Å². The number of rotatable bonds is 4. The molecule has 0 aliphatic rings. The lowest BCUT2D eigenvalue weighted by atomic mass is 10.6. The lowest BCUT2D eigenvalue weighted by Gasteiger charge is -2.18. The summed E-state index contributed by atoms with van der Waals surface area (Å²) in [4.78, 5) is 10.9. The Hall–Kier alpha value is -0.770. The number of carbonyl (C=O) groups is 1. The van der Waals surface area contributed by atoms with Crippen LogP contribution in [0.3, 0.4) is 0 Å². The molecule has 0 unspecified atom stereocenters. The molecule has 11 heavy (non-hydrogen) atoms. The molecular weight excluding hydrogens is 142 g/mol. The van der Waals surface area contributed by atoms with Gasteiger partial charge in [-0.3, -0.25) is 5.43 Å². The molecule has 0 atom stereocenters. The van der Waals surface area contributed by atoms with Crippen molar-refractivity contribution in [1.82, 2.24) is 15.8 Å². The van der Waals surface area contributed by atoms with E-state index in [9.17, 15) is 4.79 Å². The molecule has 0 saturated carbocycles. The van der Waals surface area contributed by atoms with E-state index in [1.165, 1.54) is 0 Å². The minimum atomic E-state index is -0.129. The van der Waals surface area contributed by atoms with E-state index in [1.807, 2.05) is 25.8 Å². The van der Waals surface area contributed by atoms with Gasteiger partial charge in [0.25, 0.3) is 0 Å². The summed E-state index contributed by atoms with van der Waals surface area (Å²) in [5.41, 5.74) is 2.70. The van der Waals surface area contributed by atoms with Crippen molar-refractivity contribution in [2.24, 2.45) is 0 Å². The molecule has 66 valence electrons. The van der Waals surface area contributed by atoms with Crippen LogP contribution < -0.4 is 10.7 Å². The van der Waals surface area contributed by atoms with E-state index in [0.717, 1.165) is 13.1 Å². The fourth-order valence-corrected chi connectivity index (χ4v) is 0.725. The molecule has 0 aromatic rings. The second-order valence-corrected chi connectivity index (χ2v) is 2.14. The second-order valence-electron chi connectivity index (χ2n) is 2.14. The van der Waals surface area contributed by atoms with E-state index >= 15 is 0 Å². The predicted octanol–water partition coefficient (Wildman–Crippen LogP) is 0.562. The van der Waals surface area contributed by atoms with Gasteiger partial charge in [0.15, 0.2) is 0 Å². The number of hydrogen-bond acceptors (Lipinski definition) is 2. The largest absolute Gasteiger partial charge is 0.337 e. The van der Waals surface area contributed by atoms with Gasteiger partial charge < -0.3 is 5.32 Å². The average Bonchev–Trinajstić information content (AvgIpc) is 2.01. The van der Waals surface area contributed by atoms with Gasteiger partial charge in [0.2, 0.25) is 0 Å². The van der Waals surface area contributed by atoms with Crippen molar-refractivity contribution in [2.75, 3.05) is 19.6 Å². The first kappa shape index (κ1) is 10.2. The summed E-state index contributed by atoms with van der Waals surface area (Å²) >= 11 is 0. The molecule has 0 aliphatic carbocycles. The van der Waals surface area contributed by atoms with Crippen molar-refractivity contribution in [3.05, 3.63) is 0 Å². The summed E-state index contributed by atoms with van der Waals surface area (Å²) in [5, 5.41) is 4.49. The van der Waals surface area contributed by atoms with Crippen LogP contribution in [0.4, 0.5) is 4.79 Å². The Balaban J connectivity index is 3.54. The summed E-state index contributed by atoms with van der Waals surface area (Å²) in [6.07, 6.45) is 0. The van der Waals surface area contributed by atoms with Gasteiger partial charge in [-0.25, -0.2) is 9.80 Å². The standard InChI is InChI=1S/C7H17N3O/c1-4-8-7(11)9-10(5-2)6-3/h4-6H2,1-3H3,(H2,8,9,11). The topological polar surface area (TPSA) is 44.4 Å². The number of nitrogens with one attached hydrogen (secondary N) is 2. The number of urea groups is 1. The quantitative estimate of drug-likeness (QED) is 0.589. The molecule has 0 saturated heterocycles. The molecule has 2 amide bonds. The van der Waals surface area contributed by atoms with Gasteiger partial charge in [0, 0.05) is 19.6 Å². The maximum atomic E-state index is 10.9. The molecule has 4 heteroatoms. The second kappa shape index (κ2) is 5.97. The first-order chi connectivity index (χ1) is 5.24. The zero-order valence-electron chi connectivity index (χ0n) is 7.48. The third-order valence-electron chi connectivity index (χ3n) is 1.36. The predicted molar refractivity (Wildman–Crippen MR) is 45.1 cm³/mol. The molecule has 0 radical (unpaired) electrons. The highest BCUT2D eigenvalue weighted by atomic mass is 16.2. The minimum absolute atomic E-state index is 0.129. The minimum Gasteiger partial charge on any atom is -0.337 e. The van der Waals surface area contributed by atoms with Crippen LogP contribution in [0.15, 0.2) is 0 Å². The molecule has 4 nitrogen and oxygen atoms in total. The fourth-order valence-electron chi connectivity index (χ4n) is 0.725. The van der Waals surface area contributed by atoms with Crippen molar-refractivity contribution in [3.8, 4) is 0 Å². The summed E-state index contributed by atoms with van der Waals surface area (Å²) in [5.74, 6) is 0. The molecule has 2 N–H and O–H groups in total. The molecule has 0 aromatic carbocycles. The highest BCUT2D eigenvalue weighted by Crippen LogP contribution is 1.78. The highest BCUT2D eigenvalue weighted by Gasteiger charge is 2.01. The normalized spacial score (nSPS) is 9.82. The Labute approximate surface area is 67.9 Å². The van der Waals surface area contributed by atoms with E-state index in [0.29, 0.717) is 6.54 Å². The van der Waals surface area contributed by atoms with Crippen LogP contribution in [-0.4, -0.2) is 30.7 Å². The van der Waals surface area contributed by atoms with E-state index < -0.39 is 0 Å². The number of carbonyl (C=O) groups excluding carboxylic acids is 1. The smallest absolute Gasteiger partial charge is 0.329 e. The monoisotopic (exact) mass is 159 g/mol. The maximum absolute atomic E-state index is 10.9.